The van der Waals surface area contributed by atoms with E-state index in [1.54, 1.807) is 0 Å². The summed E-state index contributed by atoms with van der Waals surface area (Å²) in [6, 6.07) is 7.59. The topological polar surface area (TPSA) is 35.5 Å². The van der Waals surface area contributed by atoms with Gasteiger partial charge in [0, 0.05) is 57.2 Å². The fourth-order valence-corrected chi connectivity index (χ4v) is 6.00. The first-order valence-corrected chi connectivity index (χ1v) is 13.7. The SMILES string of the molecule is Cc1cccc(CC(C)CN2CCCc3nc(N4CCN(C5CCC5)CC4)ncc3CC2)c1C. The van der Waals surface area contributed by atoms with Crippen LogP contribution in [0.1, 0.15) is 60.6 Å². The number of piperazine rings is 1. The summed E-state index contributed by atoms with van der Waals surface area (Å²) in [5, 5.41) is 0. The van der Waals surface area contributed by atoms with Gasteiger partial charge >= 0.3 is 0 Å². The molecule has 0 radical (unpaired) electrons. The molecule has 3 aliphatic rings. The lowest BCUT2D eigenvalue weighted by atomic mass is 9.91. The molecule has 0 amide bonds. The van der Waals surface area contributed by atoms with Gasteiger partial charge in [-0.05, 0) is 87.1 Å². The smallest absolute Gasteiger partial charge is 0.225 e. The van der Waals surface area contributed by atoms with Crippen LogP contribution in [0.5, 0.6) is 0 Å². The van der Waals surface area contributed by atoms with E-state index in [4.69, 9.17) is 9.97 Å². The van der Waals surface area contributed by atoms with Crippen molar-refractivity contribution >= 4 is 5.95 Å². The van der Waals surface area contributed by atoms with E-state index in [2.05, 4.69) is 59.9 Å². The van der Waals surface area contributed by atoms with Crippen molar-refractivity contribution < 1.29 is 0 Å². The lowest BCUT2D eigenvalue weighted by Crippen LogP contribution is -2.52. The predicted octanol–water partition coefficient (Wildman–Crippen LogP) is 4.44. The quantitative estimate of drug-likeness (QED) is 0.636. The number of benzene rings is 1. The Bertz CT molecular complexity index is 961. The van der Waals surface area contributed by atoms with Crippen molar-refractivity contribution in [2.24, 2.45) is 5.92 Å². The molecule has 2 aromatic rings. The molecule has 0 bridgehead atoms. The summed E-state index contributed by atoms with van der Waals surface area (Å²) in [6.45, 7) is 14.8. The van der Waals surface area contributed by atoms with Gasteiger partial charge in [0.25, 0.3) is 0 Å². The third-order valence-electron chi connectivity index (χ3n) is 8.57. The number of nitrogens with zero attached hydrogens (tertiary/aromatic N) is 5. The normalized spacial score (nSPS) is 21.4. The van der Waals surface area contributed by atoms with Gasteiger partial charge in [-0.3, -0.25) is 4.90 Å². The largest absolute Gasteiger partial charge is 0.338 e. The van der Waals surface area contributed by atoms with E-state index in [1.807, 2.05) is 0 Å². The van der Waals surface area contributed by atoms with Crippen molar-refractivity contribution in [1.82, 2.24) is 19.8 Å². The zero-order valence-electron chi connectivity index (χ0n) is 21.6. The summed E-state index contributed by atoms with van der Waals surface area (Å²) in [7, 11) is 0. The highest BCUT2D eigenvalue weighted by Gasteiger charge is 2.29. The highest BCUT2D eigenvalue weighted by atomic mass is 15.3. The van der Waals surface area contributed by atoms with Gasteiger partial charge in [-0.25, -0.2) is 9.97 Å². The van der Waals surface area contributed by atoms with Crippen LogP contribution in [-0.4, -0.2) is 71.6 Å². The first kappa shape index (κ1) is 23.7. The number of hydrogen-bond acceptors (Lipinski definition) is 5. The van der Waals surface area contributed by atoms with Crippen LogP contribution < -0.4 is 4.90 Å². The van der Waals surface area contributed by atoms with Gasteiger partial charge in [-0.2, -0.15) is 0 Å². The van der Waals surface area contributed by atoms with Crippen molar-refractivity contribution in [2.45, 2.75) is 71.8 Å². The molecule has 1 saturated carbocycles. The fourth-order valence-electron chi connectivity index (χ4n) is 6.00. The second-order valence-electron chi connectivity index (χ2n) is 11.1. The van der Waals surface area contributed by atoms with Gasteiger partial charge < -0.3 is 9.80 Å². The first-order chi connectivity index (χ1) is 16.6. The standard InChI is InChI=1S/C29H43N5/c1-22(19-25-8-4-7-23(2)24(25)3)21-32-13-6-11-28-26(12-14-32)20-30-29(31-28)34-17-15-33(16-18-34)27-9-5-10-27/h4,7-8,20,22,27H,5-6,9-19,21H2,1-3H3. The number of hydrogen-bond donors (Lipinski definition) is 0. The Morgan fingerprint density at radius 1 is 0.971 bits per heavy atom. The monoisotopic (exact) mass is 461 g/mol. The molecule has 1 unspecified atom stereocenters. The number of aromatic nitrogens is 2. The van der Waals surface area contributed by atoms with Crippen LogP contribution in [-0.2, 0) is 19.3 Å². The summed E-state index contributed by atoms with van der Waals surface area (Å²) >= 11 is 0. The van der Waals surface area contributed by atoms with Gasteiger partial charge in [-0.1, -0.05) is 31.5 Å². The van der Waals surface area contributed by atoms with E-state index in [0.717, 1.165) is 44.5 Å². The Labute approximate surface area is 206 Å². The summed E-state index contributed by atoms with van der Waals surface area (Å²) in [4.78, 5) is 17.7. The lowest BCUT2D eigenvalue weighted by Gasteiger charge is -2.43. The average Bonchev–Trinajstić information content (AvgIpc) is 2.78. The average molecular weight is 462 g/mol. The molecule has 2 fully saturated rings. The molecular formula is C29H43N5. The zero-order chi connectivity index (χ0) is 23.5. The van der Waals surface area contributed by atoms with Gasteiger partial charge in [0.1, 0.15) is 0 Å². The number of anilines is 1. The van der Waals surface area contributed by atoms with E-state index in [9.17, 15) is 0 Å². The van der Waals surface area contributed by atoms with Crippen LogP contribution in [0.15, 0.2) is 24.4 Å². The van der Waals surface area contributed by atoms with E-state index in [0.29, 0.717) is 5.92 Å². The Hall–Kier alpha value is -1.98. The van der Waals surface area contributed by atoms with Gasteiger partial charge in [0.2, 0.25) is 5.95 Å². The van der Waals surface area contributed by atoms with E-state index < -0.39 is 0 Å². The van der Waals surface area contributed by atoms with Crippen molar-refractivity contribution in [2.75, 3.05) is 50.7 Å². The molecule has 5 nitrogen and oxygen atoms in total. The predicted molar refractivity (Wildman–Crippen MR) is 141 cm³/mol. The molecule has 1 aromatic carbocycles. The van der Waals surface area contributed by atoms with Crippen LogP contribution in [0.25, 0.3) is 0 Å². The van der Waals surface area contributed by atoms with Gasteiger partial charge in [-0.15, -0.1) is 0 Å². The molecule has 1 aromatic heterocycles. The molecule has 184 valence electrons. The van der Waals surface area contributed by atoms with Crippen LogP contribution in [0.2, 0.25) is 0 Å². The molecule has 34 heavy (non-hydrogen) atoms. The Morgan fingerprint density at radius 2 is 1.79 bits per heavy atom. The molecule has 0 N–H and O–H groups in total. The van der Waals surface area contributed by atoms with Crippen LogP contribution >= 0.6 is 0 Å². The van der Waals surface area contributed by atoms with E-state index in [1.165, 1.54) is 86.2 Å². The van der Waals surface area contributed by atoms with Crippen LogP contribution in [0.4, 0.5) is 5.95 Å². The van der Waals surface area contributed by atoms with Crippen molar-refractivity contribution in [1.29, 1.82) is 0 Å². The number of rotatable bonds is 6. The highest BCUT2D eigenvalue weighted by molar-refractivity contribution is 5.35. The van der Waals surface area contributed by atoms with Crippen LogP contribution in [0, 0.1) is 19.8 Å². The highest BCUT2D eigenvalue weighted by Crippen LogP contribution is 2.26. The summed E-state index contributed by atoms with van der Waals surface area (Å²) in [5.41, 5.74) is 7.05. The molecule has 5 rings (SSSR count). The molecule has 1 saturated heterocycles. The van der Waals surface area contributed by atoms with Crippen molar-refractivity contribution in [3.63, 3.8) is 0 Å². The van der Waals surface area contributed by atoms with Gasteiger partial charge in [0.15, 0.2) is 0 Å². The maximum absolute atomic E-state index is 5.08. The summed E-state index contributed by atoms with van der Waals surface area (Å²) in [6.07, 6.45) is 10.9. The minimum absolute atomic E-state index is 0.664. The Morgan fingerprint density at radius 3 is 2.56 bits per heavy atom. The van der Waals surface area contributed by atoms with Gasteiger partial charge in [0.05, 0.1) is 0 Å². The van der Waals surface area contributed by atoms with Crippen molar-refractivity contribution in [3.8, 4) is 0 Å². The Balaban J connectivity index is 1.15. The fraction of sp³-hybridized carbons (Fsp3) is 0.655. The molecule has 3 heterocycles. The minimum Gasteiger partial charge on any atom is -0.338 e. The molecule has 1 atom stereocenters. The second kappa shape index (κ2) is 10.7. The number of fused-ring (bicyclic) bond motifs is 1. The van der Waals surface area contributed by atoms with E-state index >= 15 is 0 Å². The zero-order valence-corrected chi connectivity index (χ0v) is 21.6. The Kier molecular flexibility index (Phi) is 7.50. The lowest BCUT2D eigenvalue weighted by molar-refractivity contribution is 0.120. The number of aryl methyl sites for hydroxylation is 2. The first-order valence-electron chi connectivity index (χ1n) is 13.7. The van der Waals surface area contributed by atoms with E-state index in [-0.39, 0.29) is 0 Å². The maximum Gasteiger partial charge on any atom is 0.225 e. The molecule has 1 aliphatic carbocycles. The second-order valence-corrected chi connectivity index (χ2v) is 11.1. The molecule has 5 heteroatoms. The molecule has 0 spiro atoms. The maximum atomic E-state index is 5.08. The molecular weight excluding hydrogens is 418 g/mol. The van der Waals surface area contributed by atoms with Crippen LogP contribution in [0.3, 0.4) is 0 Å². The summed E-state index contributed by atoms with van der Waals surface area (Å²) < 4.78 is 0. The third kappa shape index (κ3) is 5.46. The minimum atomic E-state index is 0.664. The third-order valence-corrected chi connectivity index (χ3v) is 8.57. The molecule has 2 aliphatic heterocycles. The summed E-state index contributed by atoms with van der Waals surface area (Å²) in [5.74, 6) is 1.63. The van der Waals surface area contributed by atoms with Crippen molar-refractivity contribution in [3.05, 3.63) is 52.3 Å².